The number of hydrogen-bond donors (Lipinski definition) is 0. The van der Waals surface area contributed by atoms with Crippen molar-refractivity contribution in [3.05, 3.63) is 30.6 Å². The number of anilines is 1. The van der Waals surface area contributed by atoms with Crippen LogP contribution >= 0.6 is 0 Å². The second kappa shape index (κ2) is 6.77. The summed E-state index contributed by atoms with van der Waals surface area (Å²) in [5.74, 6) is 2.59. The average Bonchev–Trinajstić information content (AvgIpc) is 2.71. The van der Waals surface area contributed by atoms with Crippen molar-refractivity contribution in [1.82, 2.24) is 14.9 Å². The molecule has 27 heavy (non-hydrogen) atoms. The first-order valence-electron chi connectivity index (χ1n) is 10.5. The van der Waals surface area contributed by atoms with Crippen molar-refractivity contribution in [1.29, 1.82) is 0 Å². The SMILES string of the molecule is CCC[C@H]1[C@H]2C[C@H](CN(c3nccc4ncccc34)C2)[C@@H]2CCCC(=O)N21. The van der Waals surface area contributed by atoms with Gasteiger partial charge in [0, 0.05) is 49.4 Å². The van der Waals surface area contributed by atoms with Crippen molar-refractivity contribution in [3.8, 4) is 0 Å². The molecule has 5 nitrogen and oxygen atoms in total. The molecule has 0 radical (unpaired) electrons. The van der Waals surface area contributed by atoms with Crippen molar-refractivity contribution < 1.29 is 4.79 Å². The number of fused-ring (bicyclic) bond motifs is 5. The van der Waals surface area contributed by atoms with Crippen molar-refractivity contribution in [2.24, 2.45) is 11.8 Å². The van der Waals surface area contributed by atoms with E-state index >= 15 is 0 Å². The molecule has 0 aliphatic carbocycles. The molecule has 0 aromatic carbocycles. The Morgan fingerprint density at radius 2 is 2.04 bits per heavy atom. The second-order valence-electron chi connectivity index (χ2n) is 8.48. The van der Waals surface area contributed by atoms with Gasteiger partial charge in [0.2, 0.25) is 5.91 Å². The zero-order valence-corrected chi connectivity index (χ0v) is 16.1. The number of pyridine rings is 2. The van der Waals surface area contributed by atoms with Crippen LogP contribution in [0, 0.1) is 11.8 Å². The molecule has 2 aromatic rings. The molecular formula is C22H28N4O. The van der Waals surface area contributed by atoms with Crippen molar-refractivity contribution in [2.75, 3.05) is 18.0 Å². The lowest BCUT2D eigenvalue weighted by Crippen LogP contribution is -2.65. The molecule has 5 rings (SSSR count). The smallest absolute Gasteiger partial charge is 0.223 e. The zero-order chi connectivity index (χ0) is 18.4. The Balaban J connectivity index is 1.51. The van der Waals surface area contributed by atoms with Crippen LogP contribution in [0.1, 0.15) is 45.4 Å². The number of piperidine rings is 3. The van der Waals surface area contributed by atoms with Gasteiger partial charge in [0.25, 0.3) is 0 Å². The summed E-state index contributed by atoms with van der Waals surface area (Å²) in [6.07, 6.45) is 10.2. The van der Waals surface area contributed by atoms with E-state index in [1.54, 1.807) is 0 Å². The van der Waals surface area contributed by atoms with Gasteiger partial charge in [0.05, 0.1) is 5.52 Å². The van der Waals surface area contributed by atoms with Crippen LogP contribution in [0.5, 0.6) is 0 Å². The Labute approximate surface area is 160 Å². The first-order chi connectivity index (χ1) is 13.3. The van der Waals surface area contributed by atoms with E-state index in [9.17, 15) is 4.79 Å². The average molecular weight is 364 g/mol. The summed E-state index contributed by atoms with van der Waals surface area (Å²) in [7, 11) is 0. The van der Waals surface area contributed by atoms with E-state index in [1.165, 1.54) is 12.8 Å². The number of carbonyl (C=O) groups excluding carboxylic acids is 1. The zero-order valence-electron chi connectivity index (χ0n) is 16.1. The van der Waals surface area contributed by atoms with Crippen LogP contribution < -0.4 is 4.90 Å². The maximum Gasteiger partial charge on any atom is 0.223 e. The lowest BCUT2D eigenvalue weighted by atomic mass is 9.71. The number of amides is 1. The molecule has 5 heterocycles. The van der Waals surface area contributed by atoms with E-state index < -0.39 is 0 Å². The summed E-state index contributed by atoms with van der Waals surface area (Å²) in [6.45, 7) is 4.25. The summed E-state index contributed by atoms with van der Waals surface area (Å²) < 4.78 is 0. The van der Waals surface area contributed by atoms with E-state index in [1.807, 2.05) is 24.5 Å². The van der Waals surface area contributed by atoms with Crippen LogP contribution in [0.4, 0.5) is 5.82 Å². The maximum atomic E-state index is 12.8. The first kappa shape index (κ1) is 17.0. The lowest BCUT2D eigenvalue weighted by molar-refractivity contribution is -0.149. The molecular weight excluding hydrogens is 336 g/mol. The molecule has 3 saturated heterocycles. The van der Waals surface area contributed by atoms with Crippen molar-refractivity contribution >= 4 is 22.6 Å². The Bertz CT molecular complexity index is 848. The third kappa shape index (κ3) is 2.79. The minimum Gasteiger partial charge on any atom is -0.355 e. The van der Waals surface area contributed by atoms with Crippen LogP contribution in [-0.2, 0) is 4.79 Å². The summed E-state index contributed by atoms with van der Waals surface area (Å²) >= 11 is 0. The summed E-state index contributed by atoms with van der Waals surface area (Å²) in [6, 6.07) is 6.95. The predicted octanol–water partition coefficient (Wildman–Crippen LogP) is 3.64. The molecule has 142 valence electrons. The van der Waals surface area contributed by atoms with Gasteiger partial charge >= 0.3 is 0 Å². The molecule has 3 aliphatic heterocycles. The number of rotatable bonds is 3. The van der Waals surface area contributed by atoms with E-state index in [4.69, 9.17) is 4.98 Å². The number of aromatic nitrogens is 2. The molecule has 1 amide bonds. The van der Waals surface area contributed by atoms with Gasteiger partial charge < -0.3 is 9.80 Å². The van der Waals surface area contributed by atoms with Gasteiger partial charge in [-0.25, -0.2) is 4.98 Å². The molecule has 0 N–H and O–H groups in total. The van der Waals surface area contributed by atoms with Gasteiger partial charge in [-0.15, -0.1) is 0 Å². The highest BCUT2D eigenvalue weighted by Crippen LogP contribution is 2.44. The standard InChI is InChI=1S/C22H28N4O/c1-2-5-19-15-12-16(20-7-3-8-21(27)26(19)20)14-25(13-15)22-17-6-4-10-23-18(17)9-11-24-22/h4,6,9-11,15-16,19-20H,2-3,5,7-8,12-14H2,1H3/t15-,16+,19-,20-/m0/s1. The predicted molar refractivity (Wildman–Crippen MR) is 107 cm³/mol. The highest BCUT2D eigenvalue weighted by molar-refractivity contribution is 5.89. The minimum absolute atomic E-state index is 0.403. The summed E-state index contributed by atoms with van der Waals surface area (Å²) in [5, 5.41) is 1.14. The molecule has 3 aliphatic rings. The van der Waals surface area contributed by atoms with Crippen LogP contribution in [-0.4, -0.2) is 45.9 Å². The molecule has 0 unspecified atom stereocenters. The summed E-state index contributed by atoms with van der Waals surface area (Å²) in [5.41, 5.74) is 1.01. The van der Waals surface area contributed by atoms with Crippen molar-refractivity contribution in [3.63, 3.8) is 0 Å². The molecule has 3 fully saturated rings. The lowest BCUT2D eigenvalue weighted by Gasteiger charge is -2.57. The minimum atomic E-state index is 0.403. The number of carbonyl (C=O) groups is 1. The summed E-state index contributed by atoms with van der Waals surface area (Å²) in [4.78, 5) is 26.8. The largest absolute Gasteiger partial charge is 0.355 e. The quantitative estimate of drug-likeness (QED) is 0.834. The van der Waals surface area contributed by atoms with Gasteiger partial charge in [0.15, 0.2) is 0 Å². The monoisotopic (exact) mass is 364 g/mol. The topological polar surface area (TPSA) is 49.3 Å². The van der Waals surface area contributed by atoms with E-state index in [0.717, 1.165) is 55.5 Å². The van der Waals surface area contributed by atoms with Gasteiger partial charge in [-0.1, -0.05) is 13.3 Å². The van der Waals surface area contributed by atoms with Gasteiger partial charge in [-0.05, 0) is 55.7 Å². The normalized spacial score (nSPS) is 30.5. The highest BCUT2D eigenvalue weighted by atomic mass is 16.2. The van der Waals surface area contributed by atoms with Crippen LogP contribution in [0.2, 0.25) is 0 Å². The molecule has 4 atom stereocenters. The third-order valence-corrected chi connectivity index (χ3v) is 6.89. The Morgan fingerprint density at radius 1 is 1.15 bits per heavy atom. The van der Waals surface area contributed by atoms with E-state index in [2.05, 4.69) is 27.8 Å². The fraction of sp³-hybridized carbons (Fsp3) is 0.591. The fourth-order valence-corrected chi connectivity index (χ4v) is 5.86. The fourth-order valence-electron chi connectivity index (χ4n) is 5.86. The Kier molecular flexibility index (Phi) is 4.25. The van der Waals surface area contributed by atoms with E-state index in [-0.39, 0.29) is 0 Å². The molecule has 0 spiro atoms. The van der Waals surface area contributed by atoms with Gasteiger partial charge in [-0.2, -0.15) is 0 Å². The van der Waals surface area contributed by atoms with Crippen LogP contribution in [0.15, 0.2) is 30.6 Å². The second-order valence-corrected chi connectivity index (χ2v) is 8.48. The van der Waals surface area contributed by atoms with E-state index in [0.29, 0.717) is 29.8 Å². The highest BCUT2D eigenvalue weighted by Gasteiger charge is 2.49. The third-order valence-electron chi connectivity index (χ3n) is 6.89. The molecule has 2 bridgehead atoms. The first-order valence-corrected chi connectivity index (χ1v) is 10.5. The molecule has 2 aromatic heterocycles. The van der Waals surface area contributed by atoms with Gasteiger partial charge in [0.1, 0.15) is 5.82 Å². The molecule has 5 heteroatoms. The Morgan fingerprint density at radius 3 is 2.93 bits per heavy atom. The van der Waals surface area contributed by atoms with Crippen molar-refractivity contribution in [2.45, 2.75) is 57.5 Å². The number of hydrogen-bond acceptors (Lipinski definition) is 4. The maximum absolute atomic E-state index is 12.8. The van der Waals surface area contributed by atoms with Gasteiger partial charge in [-0.3, -0.25) is 9.78 Å². The number of nitrogens with zero attached hydrogens (tertiary/aromatic N) is 4. The Hall–Kier alpha value is -2.17. The van der Waals surface area contributed by atoms with Crippen LogP contribution in [0.25, 0.3) is 10.9 Å². The van der Waals surface area contributed by atoms with Crippen LogP contribution in [0.3, 0.4) is 0 Å². The molecule has 0 saturated carbocycles.